The number of benzene rings is 3. The van der Waals surface area contributed by atoms with E-state index < -0.39 is 17.7 Å². The van der Waals surface area contributed by atoms with Gasteiger partial charge in [0.25, 0.3) is 11.7 Å². The number of ketones is 1. The van der Waals surface area contributed by atoms with Crippen molar-refractivity contribution in [2.75, 3.05) is 25.2 Å². The molecule has 1 saturated heterocycles. The van der Waals surface area contributed by atoms with Gasteiger partial charge in [0.2, 0.25) is 0 Å². The first-order chi connectivity index (χ1) is 16.9. The molecule has 0 aliphatic carbocycles. The first-order valence-corrected chi connectivity index (χ1v) is 11.1. The fourth-order valence-electron chi connectivity index (χ4n) is 4.26. The number of Topliss-reactive ketones (excluding diaryl/α,β-unsaturated/α-hetero) is 1. The average Bonchev–Trinajstić information content (AvgIpc) is 3.13. The molecule has 2 aliphatic heterocycles. The van der Waals surface area contributed by atoms with Gasteiger partial charge in [-0.25, -0.2) is 0 Å². The van der Waals surface area contributed by atoms with Crippen molar-refractivity contribution < 1.29 is 34.0 Å². The Hall–Kier alpha value is -4.17. The number of rotatable bonds is 4. The summed E-state index contributed by atoms with van der Waals surface area (Å²) in [4.78, 5) is 27.8. The maximum atomic E-state index is 13.3. The van der Waals surface area contributed by atoms with Crippen LogP contribution in [0.2, 0.25) is 5.02 Å². The van der Waals surface area contributed by atoms with Crippen LogP contribution in [0.1, 0.15) is 17.2 Å². The molecular weight excluding hydrogens is 474 g/mol. The predicted molar refractivity (Wildman–Crippen MR) is 128 cm³/mol. The number of anilines is 1. The Morgan fingerprint density at radius 2 is 1.80 bits per heavy atom. The molecule has 5 rings (SSSR count). The summed E-state index contributed by atoms with van der Waals surface area (Å²) in [7, 11) is 1.41. The molecule has 1 amide bonds. The zero-order valence-electron chi connectivity index (χ0n) is 18.5. The van der Waals surface area contributed by atoms with Crippen LogP contribution in [0.3, 0.4) is 0 Å². The van der Waals surface area contributed by atoms with Gasteiger partial charge >= 0.3 is 0 Å². The third kappa shape index (κ3) is 3.91. The quantitative estimate of drug-likeness (QED) is 0.314. The molecule has 0 bridgehead atoms. The predicted octanol–water partition coefficient (Wildman–Crippen LogP) is 4.45. The highest BCUT2D eigenvalue weighted by Gasteiger charge is 2.47. The van der Waals surface area contributed by atoms with Crippen LogP contribution in [0.25, 0.3) is 5.76 Å². The standard InChI is InChI=1S/C26H20ClNO7/c1-33-19-7-5-14(11-18(19)29)23-22(24(30)15-6-8-20-21(12-15)35-10-9-34-20)25(31)26(32)28(23)17-4-2-3-16(27)13-17/h2-8,11-13,23,29-30H,9-10H2,1H3/b24-22-. The van der Waals surface area contributed by atoms with Crippen LogP contribution in [-0.4, -0.2) is 42.2 Å². The molecule has 8 nitrogen and oxygen atoms in total. The van der Waals surface area contributed by atoms with Gasteiger partial charge in [-0.05, 0) is 54.1 Å². The van der Waals surface area contributed by atoms with Crippen molar-refractivity contribution in [3.8, 4) is 23.0 Å². The number of aliphatic hydroxyl groups excluding tert-OH is 1. The molecule has 2 N–H and O–H groups in total. The van der Waals surface area contributed by atoms with E-state index in [4.69, 9.17) is 25.8 Å². The summed E-state index contributed by atoms with van der Waals surface area (Å²) in [5.41, 5.74) is 0.889. The molecule has 0 aromatic heterocycles. The number of methoxy groups -OCH3 is 1. The Labute approximate surface area is 205 Å². The summed E-state index contributed by atoms with van der Waals surface area (Å²) in [6, 6.07) is 14.7. The van der Waals surface area contributed by atoms with Crippen LogP contribution < -0.4 is 19.1 Å². The van der Waals surface area contributed by atoms with E-state index in [1.807, 2.05) is 0 Å². The van der Waals surface area contributed by atoms with Gasteiger partial charge < -0.3 is 24.4 Å². The Bertz CT molecular complexity index is 1380. The molecule has 0 radical (unpaired) electrons. The summed E-state index contributed by atoms with van der Waals surface area (Å²) in [6.07, 6.45) is 0. The van der Waals surface area contributed by atoms with Gasteiger partial charge in [0.1, 0.15) is 19.0 Å². The van der Waals surface area contributed by atoms with Crippen LogP contribution in [0.5, 0.6) is 23.0 Å². The SMILES string of the molecule is COc1ccc(C2/C(=C(/O)c3ccc4c(c3)OCCO4)C(=O)C(=O)N2c2cccc(Cl)c2)cc1O. The van der Waals surface area contributed by atoms with Gasteiger partial charge in [-0.1, -0.05) is 23.7 Å². The number of hydrogen-bond donors (Lipinski definition) is 2. The molecule has 2 heterocycles. The highest BCUT2D eigenvalue weighted by atomic mass is 35.5. The number of carbonyl (C=O) groups is 2. The minimum Gasteiger partial charge on any atom is -0.507 e. The van der Waals surface area contributed by atoms with E-state index >= 15 is 0 Å². The highest BCUT2D eigenvalue weighted by Crippen LogP contribution is 2.45. The van der Waals surface area contributed by atoms with Gasteiger partial charge in [0.05, 0.1) is 18.7 Å². The maximum absolute atomic E-state index is 13.3. The van der Waals surface area contributed by atoms with Crippen LogP contribution in [0.15, 0.2) is 66.2 Å². The van der Waals surface area contributed by atoms with E-state index in [9.17, 15) is 19.8 Å². The van der Waals surface area contributed by atoms with E-state index in [2.05, 4.69) is 0 Å². The molecule has 0 spiro atoms. The second kappa shape index (κ2) is 8.88. The number of phenols is 1. The number of fused-ring (bicyclic) bond motifs is 1. The highest BCUT2D eigenvalue weighted by molar-refractivity contribution is 6.51. The number of phenolic OH excluding ortho intramolecular Hbond substituents is 1. The van der Waals surface area contributed by atoms with E-state index in [-0.39, 0.29) is 28.4 Å². The van der Waals surface area contributed by atoms with Crippen molar-refractivity contribution in [1.29, 1.82) is 0 Å². The molecular formula is C26H20ClNO7. The summed E-state index contributed by atoms with van der Waals surface area (Å²) in [6.45, 7) is 0.755. The van der Waals surface area contributed by atoms with E-state index in [1.165, 1.54) is 24.1 Å². The first-order valence-electron chi connectivity index (χ1n) is 10.7. The molecule has 35 heavy (non-hydrogen) atoms. The van der Waals surface area contributed by atoms with E-state index in [1.54, 1.807) is 48.5 Å². The van der Waals surface area contributed by atoms with Crippen molar-refractivity contribution in [2.45, 2.75) is 6.04 Å². The lowest BCUT2D eigenvalue weighted by atomic mass is 9.94. The molecule has 9 heteroatoms. The van der Waals surface area contributed by atoms with Gasteiger partial charge in [-0.2, -0.15) is 0 Å². The molecule has 1 fully saturated rings. The molecule has 0 saturated carbocycles. The zero-order chi connectivity index (χ0) is 24.7. The van der Waals surface area contributed by atoms with Gasteiger partial charge in [0.15, 0.2) is 23.0 Å². The van der Waals surface area contributed by atoms with Gasteiger partial charge in [-0.3, -0.25) is 14.5 Å². The fraction of sp³-hybridized carbons (Fsp3) is 0.154. The van der Waals surface area contributed by atoms with Crippen LogP contribution in [0.4, 0.5) is 5.69 Å². The number of ether oxygens (including phenoxy) is 3. The Morgan fingerprint density at radius 3 is 2.51 bits per heavy atom. The van der Waals surface area contributed by atoms with E-state index in [0.29, 0.717) is 41.0 Å². The molecule has 2 aliphatic rings. The second-order valence-corrected chi connectivity index (χ2v) is 8.38. The lowest BCUT2D eigenvalue weighted by Crippen LogP contribution is -2.29. The number of aliphatic hydroxyl groups is 1. The summed E-state index contributed by atoms with van der Waals surface area (Å²) >= 11 is 6.16. The Kier molecular flexibility index (Phi) is 5.74. The van der Waals surface area contributed by atoms with E-state index in [0.717, 1.165) is 0 Å². The van der Waals surface area contributed by atoms with Gasteiger partial charge in [0, 0.05) is 16.3 Å². The minimum absolute atomic E-state index is 0.142. The zero-order valence-corrected chi connectivity index (χ0v) is 19.3. The molecule has 3 aromatic rings. The monoisotopic (exact) mass is 493 g/mol. The lowest BCUT2D eigenvalue weighted by Gasteiger charge is -2.26. The second-order valence-electron chi connectivity index (χ2n) is 7.94. The molecule has 3 aromatic carbocycles. The number of hydrogen-bond acceptors (Lipinski definition) is 7. The van der Waals surface area contributed by atoms with Crippen LogP contribution >= 0.6 is 11.6 Å². The number of nitrogens with zero attached hydrogens (tertiary/aromatic N) is 1. The number of amides is 1. The third-order valence-corrected chi connectivity index (χ3v) is 6.10. The average molecular weight is 494 g/mol. The third-order valence-electron chi connectivity index (χ3n) is 5.87. The largest absolute Gasteiger partial charge is 0.507 e. The van der Waals surface area contributed by atoms with Crippen LogP contribution in [-0.2, 0) is 9.59 Å². The number of carbonyl (C=O) groups excluding carboxylic acids is 2. The van der Waals surface area contributed by atoms with Crippen molar-refractivity contribution in [3.63, 3.8) is 0 Å². The molecule has 1 atom stereocenters. The lowest BCUT2D eigenvalue weighted by molar-refractivity contribution is -0.132. The molecule has 178 valence electrons. The summed E-state index contributed by atoms with van der Waals surface area (Å²) < 4.78 is 16.3. The maximum Gasteiger partial charge on any atom is 0.300 e. The minimum atomic E-state index is -1.04. The number of aromatic hydroxyl groups is 1. The smallest absolute Gasteiger partial charge is 0.300 e. The topological polar surface area (TPSA) is 106 Å². The van der Waals surface area contributed by atoms with Crippen molar-refractivity contribution in [2.24, 2.45) is 0 Å². The summed E-state index contributed by atoms with van der Waals surface area (Å²) in [5.74, 6) is -1.12. The van der Waals surface area contributed by atoms with Crippen molar-refractivity contribution in [3.05, 3.63) is 82.4 Å². The van der Waals surface area contributed by atoms with Crippen LogP contribution in [0, 0.1) is 0 Å². The fourth-order valence-corrected chi connectivity index (χ4v) is 4.45. The number of halogens is 1. The Balaban J connectivity index is 1.71. The first kappa shape index (κ1) is 22.6. The molecule has 1 unspecified atom stereocenters. The normalized spacial score (nSPS) is 18.6. The van der Waals surface area contributed by atoms with Gasteiger partial charge in [-0.15, -0.1) is 0 Å². The van der Waals surface area contributed by atoms with Crippen molar-refractivity contribution >= 4 is 34.7 Å². The Morgan fingerprint density at radius 1 is 1.03 bits per heavy atom. The summed E-state index contributed by atoms with van der Waals surface area (Å²) in [5, 5.41) is 22.1. The van der Waals surface area contributed by atoms with Crippen molar-refractivity contribution in [1.82, 2.24) is 0 Å².